The van der Waals surface area contributed by atoms with Crippen LogP contribution < -0.4 is 5.32 Å². The van der Waals surface area contributed by atoms with Crippen molar-refractivity contribution >= 4 is 40.0 Å². The molecule has 148 valence electrons. The summed E-state index contributed by atoms with van der Waals surface area (Å²) >= 11 is 12.0. The van der Waals surface area contributed by atoms with Gasteiger partial charge in [-0.3, -0.25) is 14.5 Å². The maximum atomic E-state index is 12.5. The normalized spacial score (nSPS) is 11.2. The number of carbonyl (C=O) groups is 1. The summed E-state index contributed by atoms with van der Waals surface area (Å²) < 4.78 is 1.79. The van der Waals surface area contributed by atoms with Gasteiger partial charge in [0, 0.05) is 36.0 Å². The molecule has 0 bridgehead atoms. The van der Waals surface area contributed by atoms with Crippen LogP contribution in [0.1, 0.15) is 27.4 Å². The first-order valence-electron chi connectivity index (χ1n) is 8.91. The molecule has 4 rings (SSSR count). The first-order chi connectivity index (χ1) is 13.8. The predicted octanol–water partition coefficient (Wildman–Crippen LogP) is 4.21. The summed E-state index contributed by atoms with van der Waals surface area (Å²) in [6.07, 6.45) is 3.79. The van der Waals surface area contributed by atoms with E-state index in [4.69, 9.17) is 23.2 Å². The number of nitrogens with one attached hydrogen (secondary N) is 2. The topological polar surface area (TPSA) is 88.5 Å². The number of fused-ring (bicyclic) bond motifs is 1. The van der Waals surface area contributed by atoms with Gasteiger partial charge < -0.3 is 10.3 Å². The van der Waals surface area contributed by atoms with Gasteiger partial charge in [-0.25, -0.2) is 4.98 Å². The molecule has 0 saturated carbocycles. The Balaban J connectivity index is 1.50. The Morgan fingerprint density at radius 2 is 2.00 bits per heavy atom. The van der Waals surface area contributed by atoms with Crippen molar-refractivity contribution in [2.24, 2.45) is 7.05 Å². The number of hydrogen-bond acceptors (Lipinski definition) is 4. The first-order valence-corrected chi connectivity index (χ1v) is 9.66. The van der Waals surface area contributed by atoms with Crippen molar-refractivity contribution in [3.8, 4) is 11.1 Å². The average Bonchev–Trinajstić information content (AvgIpc) is 3.23. The molecule has 0 unspecified atom stereocenters. The zero-order valence-corrected chi connectivity index (χ0v) is 17.6. The Bertz CT molecular complexity index is 1240. The number of nitrogens with zero attached hydrogens (tertiary/aromatic N) is 4. The molecule has 0 radical (unpaired) electrons. The highest BCUT2D eigenvalue weighted by molar-refractivity contribution is 6.36. The van der Waals surface area contributed by atoms with Gasteiger partial charge in [0.2, 0.25) is 0 Å². The molecule has 1 amide bonds. The van der Waals surface area contributed by atoms with Gasteiger partial charge in [-0.15, -0.1) is 0 Å². The van der Waals surface area contributed by atoms with E-state index in [1.807, 2.05) is 39.4 Å². The molecule has 0 atom stereocenters. The molecule has 0 aliphatic carbocycles. The number of aromatic nitrogens is 5. The predicted molar refractivity (Wildman–Crippen MR) is 113 cm³/mol. The lowest BCUT2D eigenvalue weighted by molar-refractivity contribution is 0.0946. The number of aromatic amines is 1. The Morgan fingerprint density at radius 3 is 2.69 bits per heavy atom. The molecule has 4 aromatic heterocycles. The molecular formula is C20H18Cl2N6O. The summed E-state index contributed by atoms with van der Waals surface area (Å²) in [6, 6.07) is 5.25. The molecule has 0 aliphatic heterocycles. The zero-order valence-electron chi connectivity index (χ0n) is 16.0. The van der Waals surface area contributed by atoms with Crippen molar-refractivity contribution in [3.63, 3.8) is 0 Å². The second-order valence-electron chi connectivity index (χ2n) is 6.86. The minimum atomic E-state index is -0.264. The first kappa shape index (κ1) is 19.4. The molecule has 0 aromatic carbocycles. The fraction of sp³-hybridized carbons (Fsp3) is 0.200. The summed E-state index contributed by atoms with van der Waals surface area (Å²) in [7, 11) is 1.89. The van der Waals surface area contributed by atoms with Gasteiger partial charge >= 0.3 is 0 Å². The zero-order chi connectivity index (χ0) is 20.7. The van der Waals surface area contributed by atoms with Crippen LogP contribution in [0.4, 0.5) is 0 Å². The van der Waals surface area contributed by atoms with Crippen molar-refractivity contribution in [1.82, 2.24) is 30.0 Å². The van der Waals surface area contributed by atoms with Crippen molar-refractivity contribution in [2.45, 2.75) is 20.4 Å². The van der Waals surface area contributed by atoms with Gasteiger partial charge in [0.15, 0.2) is 0 Å². The van der Waals surface area contributed by atoms with Crippen LogP contribution in [0.15, 0.2) is 30.6 Å². The standard InChI is InChI=1S/C20H18Cl2N6O/c1-10-4-12(23-8-14(10)15-9-28(3)27-11(15)2)7-24-20(29)17-5-13-16(25-17)6-18(21)26-19(13)22/h4-6,8-9,25H,7H2,1-3H3,(H,24,29). The molecule has 2 N–H and O–H groups in total. The Kier molecular flexibility index (Phi) is 5.02. The van der Waals surface area contributed by atoms with E-state index in [1.54, 1.807) is 16.8 Å². The second-order valence-corrected chi connectivity index (χ2v) is 7.60. The van der Waals surface area contributed by atoms with Crippen molar-refractivity contribution < 1.29 is 4.79 Å². The van der Waals surface area contributed by atoms with Crippen LogP contribution in [-0.2, 0) is 13.6 Å². The lowest BCUT2D eigenvalue weighted by Crippen LogP contribution is -2.23. The highest BCUT2D eigenvalue weighted by Gasteiger charge is 2.14. The number of carbonyl (C=O) groups excluding carboxylic acids is 1. The highest BCUT2D eigenvalue weighted by atomic mass is 35.5. The molecule has 0 fully saturated rings. The van der Waals surface area contributed by atoms with E-state index >= 15 is 0 Å². The Morgan fingerprint density at radius 1 is 1.21 bits per heavy atom. The summed E-state index contributed by atoms with van der Waals surface area (Å²) in [5.41, 5.74) is 5.90. The Hall–Kier alpha value is -2.90. The SMILES string of the molecule is Cc1cc(CNC(=O)c2cc3c(Cl)nc(Cl)cc3[nH]2)ncc1-c1cn(C)nc1C. The van der Waals surface area contributed by atoms with Crippen molar-refractivity contribution in [3.05, 3.63) is 63.5 Å². The van der Waals surface area contributed by atoms with E-state index in [0.29, 0.717) is 23.1 Å². The van der Waals surface area contributed by atoms with Crippen LogP contribution >= 0.6 is 23.2 Å². The fourth-order valence-electron chi connectivity index (χ4n) is 3.31. The van der Waals surface area contributed by atoms with Gasteiger partial charge in [0.05, 0.1) is 23.4 Å². The number of pyridine rings is 2. The summed E-state index contributed by atoms with van der Waals surface area (Å²) in [5, 5.41) is 8.41. The molecule has 29 heavy (non-hydrogen) atoms. The van der Waals surface area contributed by atoms with Crippen LogP contribution in [0.3, 0.4) is 0 Å². The second kappa shape index (κ2) is 7.50. The molecule has 0 spiro atoms. The van der Waals surface area contributed by atoms with Crippen LogP contribution in [0, 0.1) is 13.8 Å². The van der Waals surface area contributed by atoms with Gasteiger partial charge in [0.25, 0.3) is 5.91 Å². The number of rotatable bonds is 4. The Labute approximate surface area is 177 Å². The quantitative estimate of drug-likeness (QED) is 0.476. The average molecular weight is 429 g/mol. The van der Waals surface area contributed by atoms with E-state index in [0.717, 1.165) is 28.1 Å². The summed E-state index contributed by atoms with van der Waals surface area (Å²) in [5.74, 6) is -0.264. The third-order valence-corrected chi connectivity index (χ3v) is 5.17. The largest absolute Gasteiger partial charge is 0.350 e. The number of aryl methyl sites for hydroxylation is 3. The third-order valence-electron chi connectivity index (χ3n) is 4.68. The molecule has 7 nitrogen and oxygen atoms in total. The van der Waals surface area contributed by atoms with E-state index in [2.05, 4.69) is 25.4 Å². The number of hydrogen-bond donors (Lipinski definition) is 2. The van der Waals surface area contributed by atoms with Crippen molar-refractivity contribution in [1.29, 1.82) is 0 Å². The van der Waals surface area contributed by atoms with Crippen LogP contribution in [0.5, 0.6) is 0 Å². The molecule has 0 saturated heterocycles. The number of amides is 1. The van der Waals surface area contributed by atoms with E-state index in [-0.39, 0.29) is 16.2 Å². The van der Waals surface area contributed by atoms with Crippen LogP contribution in [0.2, 0.25) is 10.3 Å². The maximum absolute atomic E-state index is 12.5. The lowest BCUT2D eigenvalue weighted by atomic mass is 10.0. The number of H-pyrrole nitrogens is 1. The molecule has 4 heterocycles. The maximum Gasteiger partial charge on any atom is 0.268 e. The fourth-order valence-corrected chi connectivity index (χ4v) is 3.79. The smallest absolute Gasteiger partial charge is 0.268 e. The van der Waals surface area contributed by atoms with Crippen molar-refractivity contribution in [2.75, 3.05) is 0 Å². The molecule has 4 aromatic rings. The molecular weight excluding hydrogens is 411 g/mol. The van der Waals surface area contributed by atoms with Gasteiger partial charge in [-0.05, 0) is 37.6 Å². The van der Waals surface area contributed by atoms with Gasteiger partial charge in [-0.1, -0.05) is 23.2 Å². The lowest BCUT2D eigenvalue weighted by Gasteiger charge is -2.08. The third kappa shape index (κ3) is 3.83. The number of halogens is 2. The summed E-state index contributed by atoms with van der Waals surface area (Å²) in [6.45, 7) is 4.29. The molecule has 0 aliphatic rings. The minimum absolute atomic E-state index is 0.251. The summed E-state index contributed by atoms with van der Waals surface area (Å²) in [4.78, 5) is 24.0. The van der Waals surface area contributed by atoms with E-state index in [1.165, 1.54) is 0 Å². The van der Waals surface area contributed by atoms with Crippen LogP contribution in [0.25, 0.3) is 22.0 Å². The highest BCUT2D eigenvalue weighted by Crippen LogP contribution is 2.26. The van der Waals surface area contributed by atoms with E-state index in [9.17, 15) is 4.79 Å². The molecule has 9 heteroatoms. The van der Waals surface area contributed by atoms with Gasteiger partial charge in [-0.2, -0.15) is 5.10 Å². The minimum Gasteiger partial charge on any atom is -0.350 e. The monoisotopic (exact) mass is 428 g/mol. The van der Waals surface area contributed by atoms with E-state index < -0.39 is 0 Å². The van der Waals surface area contributed by atoms with Crippen LogP contribution in [-0.4, -0.2) is 30.6 Å². The van der Waals surface area contributed by atoms with Gasteiger partial charge in [0.1, 0.15) is 16.0 Å².